The molecule has 7 nitrogen and oxygen atoms in total. The zero-order valence-corrected chi connectivity index (χ0v) is 18.8. The molecule has 0 aromatic carbocycles. The Morgan fingerprint density at radius 2 is 2.28 bits per heavy atom. The van der Waals surface area contributed by atoms with Crippen molar-refractivity contribution in [2.24, 2.45) is 10.9 Å². The Morgan fingerprint density at radius 1 is 1.41 bits per heavy atom. The van der Waals surface area contributed by atoms with Crippen LogP contribution in [0, 0.1) is 5.92 Å². The summed E-state index contributed by atoms with van der Waals surface area (Å²) in [6, 6.07) is 4.87. The molecule has 0 radical (unpaired) electrons. The van der Waals surface area contributed by atoms with Crippen molar-refractivity contribution in [3.8, 4) is 0 Å². The number of likely N-dealkylation sites (tertiary alicyclic amines) is 1. The minimum Gasteiger partial charge on any atom is -0.357 e. The summed E-state index contributed by atoms with van der Waals surface area (Å²) in [5.74, 6) is 3.11. The quantitative estimate of drug-likeness (QED) is 0.505. The van der Waals surface area contributed by atoms with E-state index in [4.69, 9.17) is 9.52 Å². The van der Waals surface area contributed by atoms with Crippen LogP contribution in [0.15, 0.2) is 27.0 Å². The number of aromatic nitrogens is 2. The van der Waals surface area contributed by atoms with Gasteiger partial charge in [0.15, 0.2) is 11.8 Å². The first-order valence-corrected chi connectivity index (χ1v) is 11.5. The number of guanidine groups is 1. The maximum absolute atomic E-state index is 5.32. The summed E-state index contributed by atoms with van der Waals surface area (Å²) in [6.45, 7) is 9.74. The third kappa shape index (κ3) is 6.02. The van der Waals surface area contributed by atoms with E-state index in [1.807, 2.05) is 11.3 Å². The number of rotatable bonds is 8. The van der Waals surface area contributed by atoms with E-state index in [1.54, 1.807) is 0 Å². The van der Waals surface area contributed by atoms with E-state index in [0.29, 0.717) is 30.8 Å². The van der Waals surface area contributed by atoms with Crippen LogP contribution in [0.3, 0.4) is 0 Å². The van der Waals surface area contributed by atoms with E-state index in [0.717, 1.165) is 31.4 Å². The van der Waals surface area contributed by atoms with Gasteiger partial charge >= 0.3 is 0 Å². The molecule has 0 amide bonds. The summed E-state index contributed by atoms with van der Waals surface area (Å²) in [7, 11) is 2.24. The summed E-state index contributed by atoms with van der Waals surface area (Å²) in [5, 5.41) is 13.0. The van der Waals surface area contributed by atoms with Crippen LogP contribution in [0.5, 0.6) is 0 Å². The fraction of sp³-hybridized carbons (Fsp3) is 0.667. The van der Waals surface area contributed by atoms with E-state index < -0.39 is 0 Å². The van der Waals surface area contributed by atoms with Gasteiger partial charge < -0.3 is 15.2 Å². The Hall–Kier alpha value is -1.93. The Labute approximate surface area is 178 Å². The fourth-order valence-corrected chi connectivity index (χ4v) is 4.79. The smallest absolute Gasteiger partial charge is 0.228 e. The van der Waals surface area contributed by atoms with Crippen LogP contribution in [0.1, 0.15) is 62.2 Å². The molecule has 29 heavy (non-hydrogen) atoms. The molecular weight excluding hydrogens is 384 g/mol. The van der Waals surface area contributed by atoms with Crippen molar-refractivity contribution < 1.29 is 4.52 Å². The maximum atomic E-state index is 5.32. The highest BCUT2D eigenvalue weighted by molar-refractivity contribution is 7.10. The van der Waals surface area contributed by atoms with Crippen molar-refractivity contribution in [2.45, 2.75) is 52.0 Å². The van der Waals surface area contributed by atoms with Gasteiger partial charge in [-0.2, -0.15) is 4.98 Å². The Morgan fingerprint density at radius 3 is 2.97 bits per heavy atom. The number of nitrogens with one attached hydrogen (secondary N) is 2. The molecule has 2 aromatic heterocycles. The molecule has 3 rings (SSSR count). The topological polar surface area (TPSA) is 78.6 Å². The van der Waals surface area contributed by atoms with Gasteiger partial charge in [0.1, 0.15) is 0 Å². The predicted octanol–water partition coefficient (Wildman–Crippen LogP) is 3.44. The highest BCUT2D eigenvalue weighted by Crippen LogP contribution is 2.37. The molecule has 2 N–H and O–H groups in total. The van der Waals surface area contributed by atoms with Gasteiger partial charge in [-0.05, 0) is 50.7 Å². The van der Waals surface area contributed by atoms with E-state index >= 15 is 0 Å². The summed E-state index contributed by atoms with van der Waals surface area (Å²) in [5.41, 5.74) is 0. The molecule has 0 spiro atoms. The van der Waals surface area contributed by atoms with Crippen LogP contribution in [0.25, 0.3) is 0 Å². The molecule has 0 bridgehead atoms. The summed E-state index contributed by atoms with van der Waals surface area (Å²) >= 11 is 1.85. The van der Waals surface area contributed by atoms with Crippen molar-refractivity contribution in [3.05, 3.63) is 34.1 Å². The molecule has 1 aliphatic rings. The van der Waals surface area contributed by atoms with Gasteiger partial charge in [-0.3, -0.25) is 9.89 Å². The van der Waals surface area contributed by atoms with Gasteiger partial charge in [-0.1, -0.05) is 25.1 Å². The lowest BCUT2D eigenvalue weighted by molar-refractivity contribution is 0.128. The maximum Gasteiger partial charge on any atom is 0.228 e. The highest BCUT2D eigenvalue weighted by atomic mass is 32.1. The first kappa shape index (κ1) is 21.8. The monoisotopic (exact) mass is 418 g/mol. The lowest BCUT2D eigenvalue weighted by Gasteiger charge is -2.38. The van der Waals surface area contributed by atoms with Crippen LogP contribution >= 0.6 is 11.3 Å². The van der Waals surface area contributed by atoms with Crippen LogP contribution in [0.4, 0.5) is 0 Å². The molecule has 0 saturated carbocycles. The SMILES string of the molecule is CCNC(=NCC1CCCN(C)C1c1cccs1)NCCc1nc(C(C)C)no1. The van der Waals surface area contributed by atoms with E-state index in [-0.39, 0.29) is 5.92 Å². The first-order valence-electron chi connectivity index (χ1n) is 10.7. The molecule has 1 aliphatic heterocycles. The summed E-state index contributed by atoms with van der Waals surface area (Å²) in [6.07, 6.45) is 3.14. The lowest BCUT2D eigenvalue weighted by Crippen LogP contribution is -2.40. The van der Waals surface area contributed by atoms with Crippen LogP contribution in [-0.2, 0) is 6.42 Å². The number of aliphatic imine (C=N–C) groups is 1. The standard InChI is InChI=1S/C21H34N6OS/c1-5-22-21(23-11-10-18-25-20(15(2)3)26-28-18)24-14-16-8-6-12-27(4)19(16)17-9-7-13-29-17/h7,9,13,15-16,19H,5-6,8,10-12,14H2,1-4H3,(H2,22,23,24). The largest absolute Gasteiger partial charge is 0.357 e. The van der Waals surface area contributed by atoms with Crippen LogP contribution in [0.2, 0.25) is 0 Å². The number of hydrogen-bond donors (Lipinski definition) is 2. The molecule has 1 saturated heterocycles. The second-order valence-electron chi connectivity index (χ2n) is 7.94. The first-order chi connectivity index (χ1) is 14.1. The van der Waals surface area contributed by atoms with Crippen molar-refractivity contribution >= 4 is 17.3 Å². The summed E-state index contributed by atoms with van der Waals surface area (Å²) in [4.78, 5) is 13.3. The second kappa shape index (κ2) is 10.7. The molecule has 1 fully saturated rings. The molecular formula is C21H34N6OS. The zero-order valence-electron chi connectivity index (χ0n) is 18.0. The third-order valence-electron chi connectivity index (χ3n) is 5.30. The van der Waals surface area contributed by atoms with Gasteiger partial charge in [0.2, 0.25) is 5.89 Å². The number of piperidine rings is 1. The van der Waals surface area contributed by atoms with Crippen LogP contribution < -0.4 is 10.6 Å². The predicted molar refractivity (Wildman–Crippen MR) is 118 cm³/mol. The molecule has 2 atom stereocenters. The van der Waals surface area contributed by atoms with Gasteiger partial charge in [-0.25, -0.2) is 0 Å². The van der Waals surface area contributed by atoms with E-state index in [9.17, 15) is 0 Å². The minimum atomic E-state index is 0.282. The Balaban J connectivity index is 1.57. The van der Waals surface area contributed by atoms with Gasteiger partial charge in [0.05, 0.1) is 0 Å². The van der Waals surface area contributed by atoms with E-state index in [1.165, 1.54) is 17.7 Å². The van der Waals surface area contributed by atoms with Gasteiger partial charge in [0, 0.05) is 42.9 Å². The van der Waals surface area contributed by atoms with E-state index in [2.05, 4.69) is 71.0 Å². The number of hydrogen-bond acceptors (Lipinski definition) is 6. The molecule has 160 valence electrons. The molecule has 8 heteroatoms. The number of nitrogens with zero attached hydrogens (tertiary/aromatic N) is 4. The Bertz CT molecular complexity index is 757. The summed E-state index contributed by atoms with van der Waals surface area (Å²) < 4.78 is 5.32. The van der Waals surface area contributed by atoms with Gasteiger partial charge in [-0.15, -0.1) is 11.3 Å². The van der Waals surface area contributed by atoms with Crippen LogP contribution in [-0.4, -0.2) is 54.2 Å². The minimum absolute atomic E-state index is 0.282. The highest BCUT2D eigenvalue weighted by Gasteiger charge is 2.31. The molecule has 2 unspecified atom stereocenters. The fourth-order valence-electron chi connectivity index (χ4n) is 3.80. The molecule has 0 aliphatic carbocycles. The second-order valence-corrected chi connectivity index (χ2v) is 8.92. The molecule has 3 heterocycles. The van der Waals surface area contributed by atoms with Crippen molar-refractivity contribution in [2.75, 3.05) is 33.2 Å². The average Bonchev–Trinajstić information content (AvgIpc) is 3.38. The Kier molecular flexibility index (Phi) is 8.06. The lowest BCUT2D eigenvalue weighted by atomic mass is 9.88. The van der Waals surface area contributed by atoms with Crippen molar-refractivity contribution in [3.63, 3.8) is 0 Å². The third-order valence-corrected chi connectivity index (χ3v) is 6.24. The zero-order chi connectivity index (χ0) is 20.6. The van der Waals surface area contributed by atoms with Crippen molar-refractivity contribution in [1.29, 1.82) is 0 Å². The van der Waals surface area contributed by atoms with Gasteiger partial charge in [0.25, 0.3) is 0 Å². The van der Waals surface area contributed by atoms with Crippen molar-refractivity contribution in [1.82, 2.24) is 25.7 Å². The normalized spacial score (nSPS) is 20.9. The molecule has 2 aromatic rings. The number of thiophene rings is 1. The average molecular weight is 419 g/mol.